The zero-order valence-corrected chi connectivity index (χ0v) is 18.6. The zero-order valence-electron chi connectivity index (χ0n) is 18.6. The Morgan fingerprint density at radius 1 is 0.774 bits per heavy atom. The summed E-state index contributed by atoms with van der Waals surface area (Å²) < 4.78 is 0. The van der Waals surface area contributed by atoms with Crippen LogP contribution in [0.3, 0.4) is 0 Å². The molecule has 0 unspecified atom stereocenters. The minimum absolute atomic E-state index is 0.0598. The van der Waals surface area contributed by atoms with Crippen LogP contribution in [0, 0.1) is 11.8 Å². The minimum Gasteiger partial charge on any atom is -0.343 e. The fourth-order valence-corrected chi connectivity index (χ4v) is 4.97. The van der Waals surface area contributed by atoms with Crippen molar-refractivity contribution in [3.8, 4) is 0 Å². The van der Waals surface area contributed by atoms with E-state index < -0.39 is 0 Å². The third kappa shape index (κ3) is 5.36. The van der Waals surface area contributed by atoms with Gasteiger partial charge in [0.05, 0.1) is 0 Å². The lowest BCUT2D eigenvalue weighted by Gasteiger charge is -2.37. The molecule has 0 aliphatic carbocycles. The summed E-state index contributed by atoms with van der Waals surface area (Å²) in [5.41, 5.74) is 2.35. The van der Waals surface area contributed by atoms with Gasteiger partial charge >= 0.3 is 0 Å². The monoisotopic (exact) mass is 418 g/mol. The van der Waals surface area contributed by atoms with Crippen LogP contribution in [0.15, 0.2) is 60.7 Å². The number of benzene rings is 2. The molecule has 0 saturated carbocycles. The molecular weight excluding hydrogens is 384 g/mol. The second-order valence-electron chi connectivity index (χ2n) is 9.24. The molecule has 2 aliphatic heterocycles. The number of nitrogens with zero attached hydrogens (tertiary/aromatic N) is 2. The number of rotatable bonds is 5. The van der Waals surface area contributed by atoms with Crippen LogP contribution in [-0.2, 0) is 9.59 Å². The first kappa shape index (κ1) is 21.6. The Morgan fingerprint density at radius 2 is 1.26 bits per heavy atom. The Hall–Kier alpha value is -2.62. The topological polar surface area (TPSA) is 40.6 Å². The van der Waals surface area contributed by atoms with Crippen LogP contribution in [0.4, 0.5) is 0 Å². The van der Waals surface area contributed by atoms with Crippen molar-refractivity contribution in [2.24, 2.45) is 11.8 Å². The third-order valence-corrected chi connectivity index (χ3v) is 7.07. The molecule has 0 N–H and O–H groups in total. The summed E-state index contributed by atoms with van der Waals surface area (Å²) in [5, 5.41) is 0. The van der Waals surface area contributed by atoms with E-state index in [4.69, 9.17) is 0 Å². The summed E-state index contributed by atoms with van der Waals surface area (Å²) in [4.78, 5) is 30.1. The van der Waals surface area contributed by atoms with Crippen LogP contribution in [0.5, 0.6) is 0 Å². The predicted octanol–water partition coefficient (Wildman–Crippen LogP) is 4.71. The molecule has 31 heavy (non-hydrogen) atoms. The van der Waals surface area contributed by atoms with E-state index in [-0.39, 0.29) is 17.7 Å². The second kappa shape index (κ2) is 10.1. The number of carbonyl (C=O) groups is 2. The molecule has 2 aromatic carbocycles. The Balaban J connectivity index is 1.36. The van der Waals surface area contributed by atoms with E-state index in [1.807, 2.05) is 41.3 Å². The molecule has 2 aliphatic rings. The summed E-state index contributed by atoms with van der Waals surface area (Å²) in [5.74, 6) is 1.37. The van der Waals surface area contributed by atoms with Crippen LogP contribution in [0.1, 0.15) is 56.1 Å². The van der Waals surface area contributed by atoms with Crippen LogP contribution >= 0.6 is 0 Å². The number of carbonyl (C=O) groups excluding carboxylic acids is 2. The van der Waals surface area contributed by atoms with Crippen molar-refractivity contribution in [3.63, 3.8) is 0 Å². The fraction of sp³-hybridized carbons (Fsp3) is 0.481. The largest absolute Gasteiger partial charge is 0.343 e. The summed E-state index contributed by atoms with van der Waals surface area (Å²) >= 11 is 0. The summed E-state index contributed by atoms with van der Waals surface area (Å²) in [6.07, 6.45) is 4.28. The number of amides is 2. The quantitative estimate of drug-likeness (QED) is 0.706. The standard InChI is InChI=1S/C27H34N2O2/c1-21-12-16-29(17-13-21)27(31)24-14-18-28(19-15-24)26(30)20-25(22-8-4-2-5-9-22)23-10-6-3-7-11-23/h2-11,21,24-25H,12-20H2,1H3. The van der Waals surface area contributed by atoms with E-state index >= 15 is 0 Å². The van der Waals surface area contributed by atoms with Crippen LogP contribution in [0.25, 0.3) is 0 Å². The van der Waals surface area contributed by atoms with Crippen molar-refractivity contribution >= 4 is 11.8 Å². The lowest BCUT2D eigenvalue weighted by Crippen LogP contribution is -2.46. The second-order valence-corrected chi connectivity index (χ2v) is 9.24. The zero-order chi connectivity index (χ0) is 21.6. The van der Waals surface area contributed by atoms with Gasteiger partial charge in [-0.3, -0.25) is 9.59 Å². The van der Waals surface area contributed by atoms with Crippen LogP contribution in [-0.4, -0.2) is 47.8 Å². The summed E-state index contributed by atoms with van der Waals surface area (Å²) in [7, 11) is 0. The van der Waals surface area contributed by atoms with E-state index in [0.717, 1.165) is 44.7 Å². The molecule has 2 amide bonds. The van der Waals surface area contributed by atoms with Gasteiger partial charge in [0.1, 0.15) is 0 Å². The lowest BCUT2D eigenvalue weighted by molar-refractivity contribution is -0.141. The van der Waals surface area contributed by atoms with E-state index in [2.05, 4.69) is 36.1 Å². The molecule has 4 rings (SSSR count). The maximum atomic E-state index is 13.2. The average Bonchev–Trinajstić information content (AvgIpc) is 2.83. The van der Waals surface area contributed by atoms with Crippen LogP contribution in [0.2, 0.25) is 0 Å². The Bertz CT molecular complexity index is 812. The Morgan fingerprint density at radius 3 is 1.77 bits per heavy atom. The highest BCUT2D eigenvalue weighted by molar-refractivity contribution is 5.81. The van der Waals surface area contributed by atoms with Crippen molar-refractivity contribution in [3.05, 3.63) is 71.8 Å². The molecule has 0 aromatic heterocycles. The number of likely N-dealkylation sites (tertiary alicyclic amines) is 2. The SMILES string of the molecule is CC1CCN(C(=O)C2CCN(C(=O)CC(c3ccccc3)c3ccccc3)CC2)CC1. The Labute approximate surface area is 186 Å². The average molecular weight is 419 g/mol. The van der Waals surface area contributed by atoms with Gasteiger partial charge in [-0.05, 0) is 42.7 Å². The van der Waals surface area contributed by atoms with Crippen LogP contribution < -0.4 is 0 Å². The maximum absolute atomic E-state index is 13.2. The van der Waals surface area contributed by atoms with Gasteiger partial charge in [-0.25, -0.2) is 0 Å². The van der Waals surface area contributed by atoms with Crippen molar-refractivity contribution < 1.29 is 9.59 Å². The van der Waals surface area contributed by atoms with E-state index in [1.165, 1.54) is 11.1 Å². The van der Waals surface area contributed by atoms with Gasteiger partial charge in [0.2, 0.25) is 11.8 Å². The maximum Gasteiger partial charge on any atom is 0.225 e. The molecule has 164 valence electrons. The van der Waals surface area contributed by atoms with Gasteiger partial charge in [-0.2, -0.15) is 0 Å². The first-order valence-electron chi connectivity index (χ1n) is 11.8. The molecule has 2 heterocycles. The van der Waals surface area contributed by atoms with Crippen molar-refractivity contribution in [1.29, 1.82) is 0 Å². The third-order valence-electron chi connectivity index (χ3n) is 7.07. The van der Waals surface area contributed by atoms with Gasteiger partial charge in [-0.15, -0.1) is 0 Å². The first-order chi connectivity index (χ1) is 15.1. The molecular formula is C27H34N2O2. The molecule has 0 spiro atoms. The number of hydrogen-bond donors (Lipinski definition) is 0. The smallest absolute Gasteiger partial charge is 0.225 e. The highest BCUT2D eigenvalue weighted by Gasteiger charge is 2.32. The molecule has 4 nitrogen and oxygen atoms in total. The van der Waals surface area contributed by atoms with Gasteiger partial charge < -0.3 is 9.80 Å². The van der Waals surface area contributed by atoms with Crippen molar-refractivity contribution in [2.45, 2.75) is 44.9 Å². The molecule has 2 aromatic rings. The molecule has 0 atom stereocenters. The van der Waals surface area contributed by atoms with Gasteiger partial charge in [-0.1, -0.05) is 67.6 Å². The van der Waals surface area contributed by atoms with E-state index in [9.17, 15) is 9.59 Å². The number of piperidine rings is 2. The summed E-state index contributed by atoms with van der Waals surface area (Å²) in [6, 6.07) is 20.6. The normalized spacial score (nSPS) is 18.4. The highest BCUT2D eigenvalue weighted by atomic mass is 16.2. The van der Waals surface area contributed by atoms with Gasteiger partial charge in [0, 0.05) is 44.4 Å². The molecule has 4 heteroatoms. The molecule has 0 bridgehead atoms. The van der Waals surface area contributed by atoms with Gasteiger partial charge in [0.25, 0.3) is 0 Å². The summed E-state index contributed by atoms with van der Waals surface area (Å²) in [6.45, 7) is 5.44. The number of hydrogen-bond acceptors (Lipinski definition) is 2. The highest BCUT2D eigenvalue weighted by Crippen LogP contribution is 2.30. The first-order valence-corrected chi connectivity index (χ1v) is 11.8. The Kier molecular flexibility index (Phi) is 7.06. The molecule has 0 radical (unpaired) electrons. The lowest BCUT2D eigenvalue weighted by atomic mass is 9.87. The van der Waals surface area contributed by atoms with Crippen molar-refractivity contribution in [1.82, 2.24) is 9.80 Å². The molecule has 2 fully saturated rings. The van der Waals surface area contributed by atoms with E-state index in [0.29, 0.717) is 25.4 Å². The molecule has 2 saturated heterocycles. The fourth-order valence-electron chi connectivity index (χ4n) is 4.97. The predicted molar refractivity (Wildman–Crippen MR) is 124 cm³/mol. The van der Waals surface area contributed by atoms with Gasteiger partial charge in [0.15, 0.2) is 0 Å². The van der Waals surface area contributed by atoms with E-state index in [1.54, 1.807) is 0 Å². The van der Waals surface area contributed by atoms with Crippen molar-refractivity contribution in [2.75, 3.05) is 26.2 Å². The minimum atomic E-state index is 0.0598.